The Labute approximate surface area is 174 Å². The van der Waals surface area contributed by atoms with E-state index in [4.69, 9.17) is 16.3 Å². The number of halogens is 1. The van der Waals surface area contributed by atoms with Crippen molar-refractivity contribution in [3.8, 4) is 5.75 Å². The monoisotopic (exact) mass is 415 g/mol. The summed E-state index contributed by atoms with van der Waals surface area (Å²) in [6, 6.07) is 13.4. The van der Waals surface area contributed by atoms with Gasteiger partial charge in [0.05, 0.1) is 7.11 Å². The normalized spacial score (nSPS) is 18.5. The highest BCUT2D eigenvalue weighted by atomic mass is 35.5. The van der Waals surface area contributed by atoms with Crippen LogP contribution in [0.2, 0.25) is 5.02 Å². The van der Waals surface area contributed by atoms with Crippen LogP contribution >= 0.6 is 11.6 Å². The average molecular weight is 416 g/mol. The molecular formula is C21H22ClN3O4. The van der Waals surface area contributed by atoms with Crippen molar-refractivity contribution < 1.29 is 19.1 Å². The van der Waals surface area contributed by atoms with Crippen molar-refractivity contribution in [1.82, 2.24) is 15.5 Å². The quantitative estimate of drug-likeness (QED) is 0.681. The number of benzene rings is 2. The summed E-state index contributed by atoms with van der Waals surface area (Å²) in [7, 11) is 1.55. The summed E-state index contributed by atoms with van der Waals surface area (Å²) in [4.78, 5) is 38.8. The smallest absolute Gasteiger partial charge is 0.325 e. The van der Waals surface area contributed by atoms with E-state index in [1.807, 2.05) is 6.92 Å². The topological polar surface area (TPSA) is 87.7 Å². The summed E-state index contributed by atoms with van der Waals surface area (Å²) >= 11 is 5.84. The first-order valence-electron chi connectivity index (χ1n) is 9.19. The van der Waals surface area contributed by atoms with E-state index < -0.39 is 23.4 Å². The Hall–Kier alpha value is -3.06. The van der Waals surface area contributed by atoms with Gasteiger partial charge in [-0.15, -0.1) is 0 Å². The highest BCUT2D eigenvalue weighted by Gasteiger charge is 2.51. The number of carbonyl (C=O) groups excluding carboxylic acids is 3. The van der Waals surface area contributed by atoms with Crippen molar-refractivity contribution in [2.75, 3.05) is 13.7 Å². The maximum absolute atomic E-state index is 13.1. The van der Waals surface area contributed by atoms with E-state index >= 15 is 0 Å². The molecule has 4 amide bonds. The van der Waals surface area contributed by atoms with Gasteiger partial charge in [0.2, 0.25) is 5.91 Å². The highest BCUT2D eigenvalue weighted by molar-refractivity contribution is 6.30. The summed E-state index contributed by atoms with van der Waals surface area (Å²) in [5.41, 5.74) is 0.309. The lowest BCUT2D eigenvalue weighted by atomic mass is 9.87. The lowest BCUT2D eigenvalue weighted by Crippen LogP contribution is -2.44. The minimum Gasteiger partial charge on any atom is -0.497 e. The van der Waals surface area contributed by atoms with Crippen LogP contribution in [0.1, 0.15) is 24.5 Å². The first-order valence-corrected chi connectivity index (χ1v) is 9.57. The van der Waals surface area contributed by atoms with E-state index in [2.05, 4.69) is 10.6 Å². The van der Waals surface area contributed by atoms with Crippen LogP contribution in [0, 0.1) is 0 Å². The fraction of sp³-hybridized carbons (Fsp3) is 0.286. The Bertz CT molecular complexity index is 915. The van der Waals surface area contributed by atoms with Crippen molar-refractivity contribution in [2.24, 2.45) is 0 Å². The van der Waals surface area contributed by atoms with E-state index in [1.54, 1.807) is 55.6 Å². The average Bonchev–Trinajstić information content (AvgIpc) is 2.98. The molecule has 2 aromatic carbocycles. The van der Waals surface area contributed by atoms with Gasteiger partial charge in [0.15, 0.2) is 0 Å². The number of nitrogens with one attached hydrogen (secondary N) is 2. The molecule has 0 radical (unpaired) electrons. The van der Waals surface area contributed by atoms with Crippen LogP contribution in [0.25, 0.3) is 0 Å². The van der Waals surface area contributed by atoms with Gasteiger partial charge in [0.25, 0.3) is 5.91 Å². The molecule has 0 aromatic heterocycles. The number of amides is 4. The zero-order valence-electron chi connectivity index (χ0n) is 16.2. The van der Waals surface area contributed by atoms with Gasteiger partial charge in [-0.1, -0.05) is 42.8 Å². The molecule has 1 aliphatic rings. The second kappa shape index (κ2) is 8.53. The van der Waals surface area contributed by atoms with Crippen LogP contribution in [0.4, 0.5) is 4.79 Å². The molecule has 3 rings (SSSR count). The van der Waals surface area contributed by atoms with Gasteiger partial charge in [0, 0.05) is 11.6 Å². The van der Waals surface area contributed by atoms with Gasteiger partial charge in [-0.3, -0.25) is 14.5 Å². The Morgan fingerprint density at radius 1 is 1.14 bits per heavy atom. The lowest BCUT2D eigenvalue weighted by Gasteiger charge is -2.26. The highest BCUT2D eigenvalue weighted by Crippen LogP contribution is 2.33. The molecule has 152 valence electrons. The number of rotatable bonds is 7. The third-order valence-electron chi connectivity index (χ3n) is 4.99. The maximum atomic E-state index is 13.1. The van der Waals surface area contributed by atoms with Crippen molar-refractivity contribution in [3.05, 3.63) is 64.7 Å². The number of imide groups is 1. The van der Waals surface area contributed by atoms with Crippen molar-refractivity contribution in [2.45, 2.75) is 25.4 Å². The molecule has 1 fully saturated rings. The number of hydrogen-bond acceptors (Lipinski definition) is 4. The molecule has 2 N–H and O–H groups in total. The molecule has 0 spiro atoms. The third kappa shape index (κ3) is 4.19. The van der Waals surface area contributed by atoms with Gasteiger partial charge in [-0.05, 0) is 41.8 Å². The predicted octanol–water partition coefficient (Wildman–Crippen LogP) is 2.82. The zero-order valence-corrected chi connectivity index (χ0v) is 17.0. The molecule has 1 heterocycles. The van der Waals surface area contributed by atoms with E-state index in [0.717, 1.165) is 10.5 Å². The number of ether oxygens (including phenoxy) is 1. The van der Waals surface area contributed by atoms with Crippen LogP contribution in [0.5, 0.6) is 5.75 Å². The van der Waals surface area contributed by atoms with Crippen molar-refractivity contribution in [1.29, 1.82) is 0 Å². The van der Waals surface area contributed by atoms with Gasteiger partial charge in [0.1, 0.15) is 17.8 Å². The summed E-state index contributed by atoms with van der Waals surface area (Å²) in [6.07, 6.45) is 0.354. The summed E-state index contributed by atoms with van der Waals surface area (Å²) in [5, 5.41) is 6.08. The number of hydrogen-bond donors (Lipinski definition) is 2. The van der Waals surface area contributed by atoms with Crippen LogP contribution < -0.4 is 15.4 Å². The van der Waals surface area contributed by atoms with Crippen molar-refractivity contribution >= 4 is 29.4 Å². The summed E-state index contributed by atoms with van der Waals surface area (Å²) in [6.45, 7) is 1.74. The Kier molecular flexibility index (Phi) is 6.08. The molecule has 0 unspecified atom stereocenters. The molecule has 7 nitrogen and oxygen atoms in total. The van der Waals surface area contributed by atoms with E-state index in [0.29, 0.717) is 22.8 Å². The van der Waals surface area contributed by atoms with E-state index in [1.165, 1.54) is 0 Å². The van der Waals surface area contributed by atoms with Crippen LogP contribution in [0.15, 0.2) is 48.5 Å². The fourth-order valence-electron chi connectivity index (χ4n) is 3.29. The molecular weight excluding hydrogens is 394 g/mol. The molecule has 1 saturated heterocycles. The maximum Gasteiger partial charge on any atom is 0.325 e. The van der Waals surface area contributed by atoms with Crippen molar-refractivity contribution in [3.63, 3.8) is 0 Å². The molecule has 0 bridgehead atoms. The van der Waals surface area contributed by atoms with E-state index in [-0.39, 0.29) is 13.1 Å². The second-order valence-electron chi connectivity index (χ2n) is 6.71. The minimum absolute atomic E-state index is 0.275. The van der Waals surface area contributed by atoms with Crippen LogP contribution in [-0.4, -0.2) is 36.4 Å². The first kappa shape index (κ1) is 20.7. The molecule has 0 aliphatic carbocycles. The fourth-order valence-corrected chi connectivity index (χ4v) is 3.41. The van der Waals surface area contributed by atoms with Gasteiger partial charge in [-0.2, -0.15) is 0 Å². The van der Waals surface area contributed by atoms with Crippen LogP contribution in [-0.2, 0) is 21.7 Å². The van der Waals surface area contributed by atoms with Crippen LogP contribution in [0.3, 0.4) is 0 Å². The number of carbonyl (C=O) groups is 3. The SMILES string of the molecule is CC[C@]1(c2ccc(OC)cc2)NC(=O)N(CC(=O)NCc2ccc(Cl)cc2)C1=O. The number of nitrogens with zero attached hydrogens (tertiary/aromatic N) is 1. The number of methoxy groups -OCH3 is 1. The molecule has 0 saturated carbocycles. The molecule has 2 aromatic rings. The molecule has 8 heteroatoms. The third-order valence-corrected chi connectivity index (χ3v) is 5.25. The summed E-state index contributed by atoms with van der Waals surface area (Å²) in [5.74, 6) is -0.225. The number of urea groups is 1. The summed E-state index contributed by atoms with van der Waals surface area (Å²) < 4.78 is 5.15. The Balaban J connectivity index is 1.69. The zero-order chi connectivity index (χ0) is 21.0. The minimum atomic E-state index is -1.19. The van der Waals surface area contributed by atoms with Gasteiger partial charge >= 0.3 is 6.03 Å². The van der Waals surface area contributed by atoms with Gasteiger partial charge in [-0.25, -0.2) is 4.79 Å². The lowest BCUT2D eigenvalue weighted by molar-refractivity contribution is -0.135. The van der Waals surface area contributed by atoms with E-state index in [9.17, 15) is 14.4 Å². The molecule has 1 atom stereocenters. The second-order valence-corrected chi connectivity index (χ2v) is 7.15. The Morgan fingerprint density at radius 3 is 2.38 bits per heavy atom. The first-order chi connectivity index (χ1) is 13.9. The Morgan fingerprint density at radius 2 is 1.79 bits per heavy atom. The van der Waals surface area contributed by atoms with Gasteiger partial charge < -0.3 is 15.4 Å². The molecule has 1 aliphatic heterocycles. The predicted molar refractivity (Wildman–Crippen MR) is 109 cm³/mol. The largest absolute Gasteiger partial charge is 0.497 e. The molecule has 29 heavy (non-hydrogen) atoms. The standard InChI is InChI=1S/C21H22ClN3O4/c1-3-21(15-6-10-17(29-2)11-7-15)19(27)25(20(28)24-21)13-18(26)23-12-14-4-8-16(22)9-5-14/h4-11H,3,12-13H2,1-2H3,(H,23,26)(H,24,28)/t21-/m1/s1.